The van der Waals surface area contributed by atoms with E-state index in [4.69, 9.17) is 16.3 Å². The number of likely N-dealkylation sites (tertiary alicyclic amines) is 1. The first-order chi connectivity index (χ1) is 9.22. The van der Waals surface area contributed by atoms with Crippen LogP contribution < -0.4 is 10.1 Å². The third-order valence-corrected chi connectivity index (χ3v) is 4.13. The second-order valence-electron chi connectivity index (χ2n) is 5.05. The molecule has 0 amide bonds. The van der Waals surface area contributed by atoms with Gasteiger partial charge in [0, 0.05) is 18.7 Å². The maximum Gasteiger partial charge on any atom is 0.121 e. The number of nitrogens with zero attached hydrogens (tertiary/aromatic N) is 1. The molecule has 1 fully saturated rings. The highest BCUT2D eigenvalue weighted by Gasteiger charge is 2.16. The summed E-state index contributed by atoms with van der Waals surface area (Å²) < 4.78 is 5.25. The molecule has 3 nitrogen and oxygen atoms in total. The summed E-state index contributed by atoms with van der Waals surface area (Å²) in [6.45, 7) is 5.75. The highest BCUT2D eigenvalue weighted by molar-refractivity contribution is 6.33. The van der Waals surface area contributed by atoms with Crippen LogP contribution in [-0.2, 0) is 0 Å². The highest BCUT2D eigenvalue weighted by Crippen LogP contribution is 2.28. The number of hydrogen-bond donors (Lipinski definition) is 1. The zero-order chi connectivity index (χ0) is 13.7. The monoisotopic (exact) mass is 282 g/mol. The molecule has 1 aliphatic rings. The first-order valence-corrected chi connectivity index (χ1v) is 7.43. The van der Waals surface area contributed by atoms with Crippen molar-refractivity contribution in [1.82, 2.24) is 4.90 Å². The molecule has 106 valence electrons. The van der Waals surface area contributed by atoms with Gasteiger partial charge in [-0.2, -0.15) is 0 Å². The number of halogens is 1. The Morgan fingerprint density at radius 2 is 2.21 bits per heavy atom. The number of ether oxygens (including phenoxy) is 1. The van der Waals surface area contributed by atoms with Crippen LogP contribution in [0.5, 0.6) is 5.75 Å². The maximum atomic E-state index is 6.24. The Morgan fingerprint density at radius 1 is 1.37 bits per heavy atom. The van der Waals surface area contributed by atoms with E-state index in [1.54, 1.807) is 7.11 Å². The van der Waals surface area contributed by atoms with Crippen molar-refractivity contribution in [3.8, 4) is 5.75 Å². The van der Waals surface area contributed by atoms with Gasteiger partial charge in [0.15, 0.2) is 0 Å². The molecular formula is C15H23ClN2O. The average Bonchev–Trinajstić information content (AvgIpc) is 2.66. The summed E-state index contributed by atoms with van der Waals surface area (Å²) in [7, 11) is 1.68. The molecule has 1 heterocycles. The summed E-state index contributed by atoms with van der Waals surface area (Å²) >= 11 is 6.24. The topological polar surface area (TPSA) is 24.5 Å². The molecule has 1 N–H and O–H groups in total. The molecule has 2 rings (SSSR count). The maximum absolute atomic E-state index is 6.24. The van der Waals surface area contributed by atoms with Gasteiger partial charge < -0.3 is 15.0 Å². The van der Waals surface area contributed by atoms with E-state index in [9.17, 15) is 0 Å². The normalized spacial score (nSPS) is 20.9. The number of methoxy groups -OCH3 is 1. The summed E-state index contributed by atoms with van der Waals surface area (Å²) in [5.41, 5.74) is 0.982. The fourth-order valence-electron chi connectivity index (χ4n) is 2.58. The van der Waals surface area contributed by atoms with E-state index in [1.165, 1.54) is 25.8 Å². The Hall–Kier alpha value is -0.930. The van der Waals surface area contributed by atoms with E-state index in [0.717, 1.165) is 29.5 Å². The summed E-state index contributed by atoms with van der Waals surface area (Å²) in [5.74, 6) is 0.843. The van der Waals surface area contributed by atoms with E-state index in [2.05, 4.69) is 17.1 Å². The van der Waals surface area contributed by atoms with Crippen molar-refractivity contribution in [2.45, 2.75) is 32.2 Å². The Balaban J connectivity index is 2.00. The summed E-state index contributed by atoms with van der Waals surface area (Å²) in [4.78, 5) is 2.51. The van der Waals surface area contributed by atoms with E-state index >= 15 is 0 Å². The first kappa shape index (κ1) is 14.5. The predicted octanol–water partition coefficient (Wildman–Crippen LogP) is 3.63. The third kappa shape index (κ3) is 4.02. The summed E-state index contributed by atoms with van der Waals surface area (Å²) in [6, 6.07) is 6.25. The van der Waals surface area contributed by atoms with Crippen LogP contribution in [0, 0.1) is 0 Å². The number of benzene rings is 1. The van der Waals surface area contributed by atoms with Gasteiger partial charge >= 0.3 is 0 Å². The smallest absolute Gasteiger partial charge is 0.121 e. The van der Waals surface area contributed by atoms with Gasteiger partial charge in [-0.1, -0.05) is 18.5 Å². The van der Waals surface area contributed by atoms with Crippen molar-refractivity contribution >= 4 is 17.3 Å². The van der Waals surface area contributed by atoms with Crippen LogP contribution in [0.1, 0.15) is 26.2 Å². The van der Waals surface area contributed by atoms with Crippen molar-refractivity contribution in [2.75, 3.05) is 32.1 Å². The lowest BCUT2D eigenvalue weighted by molar-refractivity contribution is 0.300. The van der Waals surface area contributed by atoms with Crippen LogP contribution in [0.4, 0.5) is 5.69 Å². The zero-order valence-electron chi connectivity index (χ0n) is 11.8. The van der Waals surface area contributed by atoms with Gasteiger partial charge in [-0.25, -0.2) is 0 Å². The second kappa shape index (κ2) is 7.01. The molecule has 1 aromatic carbocycles. The predicted molar refractivity (Wildman–Crippen MR) is 81.4 cm³/mol. The Morgan fingerprint density at radius 3 is 2.95 bits per heavy atom. The molecule has 0 aliphatic carbocycles. The molecule has 0 saturated carbocycles. The number of anilines is 1. The summed E-state index contributed by atoms with van der Waals surface area (Å²) in [5, 5.41) is 4.33. The fourth-order valence-corrected chi connectivity index (χ4v) is 2.75. The number of nitrogens with one attached hydrogen (secondary N) is 1. The molecular weight excluding hydrogens is 260 g/mol. The van der Waals surface area contributed by atoms with E-state index in [1.807, 2.05) is 18.2 Å². The minimum Gasteiger partial charge on any atom is -0.497 e. The first-order valence-electron chi connectivity index (χ1n) is 7.05. The van der Waals surface area contributed by atoms with Gasteiger partial charge in [0.2, 0.25) is 0 Å². The van der Waals surface area contributed by atoms with Crippen molar-refractivity contribution in [3.05, 3.63) is 23.2 Å². The lowest BCUT2D eigenvalue weighted by Gasteiger charge is -2.20. The lowest BCUT2D eigenvalue weighted by atomic mass is 10.1. The molecule has 1 unspecified atom stereocenters. The molecule has 1 aliphatic heterocycles. The quantitative estimate of drug-likeness (QED) is 0.913. The van der Waals surface area contributed by atoms with E-state index in [0.29, 0.717) is 6.04 Å². The molecule has 1 atom stereocenters. The molecule has 0 aromatic heterocycles. The highest BCUT2D eigenvalue weighted by atomic mass is 35.5. The standard InChI is InChI=1S/C15H23ClN2O/c1-3-18-9-4-5-12(8-10-18)17-15-11-13(19-2)6-7-14(15)16/h6-7,11-12,17H,3-5,8-10H2,1-2H3. The van der Waals surface area contributed by atoms with Crippen LogP contribution in [0.25, 0.3) is 0 Å². The van der Waals surface area contributed by atoms with E-state index in [-0.39, 0.29) is 0 Å². The van der Waals surface area contributed by atoms with Crippen molar-refractivity contribution in [2.24, 2.45) is 0 Å². The van der Waals surface area contributed by atoms with Gasteiger partial charge in [-0.05, 0) is 44.5 Å². The van der Waals surface area contributed by atoms with Crippen molar-refractivity contribution < 1.29 is 4.74 Å². The van der Waals surface area contributed by atoms with Gasteiger partial charge in [0.05, 0.1) is 17.8 Å². The Labute approximate surface area is 120 Å². The Kier molecular flexibility index (Phi) is 5.34. The van der Waals surface area contributed by atoms with Crippen LogP contribution in [0.2, 0.25) is 5.02 Å². The van der Waals surface area contributed by atoms with Gasteiger partial charge in [-0.3, -0.25) is 0 Å². The molecule has 1 aromatic rings. The van der Waals surface area contributed by atoms with Crippen LogP contribution in [0.15, 0.2) is 18.2 Å². The lowest BCUT2D eigenvalue weighted by Crippen LogP contribution is -2.26. The van der Waals surface area contributed by atoms with Crippen LogP contribution in [-0.4, -0.2) is 37.7 Å². The van der Waals surface area contributed by atoms with Gasteiger partial charge in [0.25, 0.3) is 0 Å². The van der Waals surface area contributed by atoms with Crippen LogP contribution in [0.3, 0.4) is 0 Å². The molecule has 4 heteroatoms. The molecule has 0 radical (unpaired) electrons. The summed E-state index contributed by atoms with van der Waals surface area (Å²) in [6.07, 6.45) is 3.61. The molecule has 0 bridgehead atoms. The van der Waals surface area contributed by atoms with Crippen LogP contribution >= 0.6 is 11.6 Å². The SMILES string of the molecule is CCN1CCCC(Nc2cc(OC)ccc2Cl)CC1. The van der Waals surface area contributed by atoms with E-state index < -0.39 is 0 Å². The zero-order valence-corrected chi connectivity index (χ0v) is 12.5. The molecule has 19 heavy (non-hydrogen) atoms. The second-order valence-corrected chi connectivity index (χ2v) is 5.46. The fraction of sp³-hybridized carbons (Fsp3) is 0.600. The van der Waals surface area contributed by atoms with Gasteiger partial charge in [-0.15, -0.1) is 0 Å². The number of rotatable bonds is 4. The minimum atomic E-state index is 0.501. The third-order valence-electron chi connectivity index (χ3n) is 3.80. The van der Waals surface area contributed by atoms with Crippen molar-refractivity contribution in [1.29, 1.82) is 0 Å². The minimum absolute atomic E-state index is 0.501. The molecule has 1 saturated heterocycles. The Bertz CT molecular complexity index is 411. The number of hydrogen-bond acceptors (Lipinski definition) is 3. The average molecular weight is 283 g/mol. The van der Waals surface area contributed by atoms with Crippen molar-refractivity contribution in [3.63, 3.8) is 0 Å². The largest absolute Gasteiger partial charge is 0.497 e. The van der Waals surface area contributed by atoms with Gasteiger partial charge in [0.1, 0.15) is 5.75 Å². The molecule has 0 spiro atoms.